The van der Waals surface area contributed by atoms with E-state index in [9.17, 15) is 13.2 Å². The molecule has 0 aliphatic heterocycles. The van der Waals surface area contributed by atoms with Crippen molar-refractivity contribution in [2.24, 2.45) is 7.05 Å². The van der Waals surface area contributed by atoms with Crippen molar-refractivity contribution in [1.29, 1.82) is 0 Å². The smallest absolute Gasteiger partial charge is 0.319 e. The molecule has 0 atom stereocenters. The highest BCUT2D eigenvalue weighted by Gasteiger charge is 2.33. The maximum atomic E-state index is 13.3. The van der Waals surface area contributed by atoms with Gasteiger partial charge < -0.3 is 9.47 Å². The van der Waals surface area contributed by atoms with Crippen LogP contribution in [0.25, 0.3) is 0 Å². The maximum absolute atomic E-state index is 13.3. The zero-order chi connectivity index (χ0) is 21.1. The molecule has 2 amide bonds. The minimum atomic E-state index is -3.82. The minimum absolute atomic E-state index is 0.0378. The molecule has 0 unspecified atom stereocenters. The van der Waals surface area contributed by atoms with Gasteiger partial charge in [-0.3, -0.25) is 5.32 Å². The van der Waals surface area contributed by atoms with Crippen molar-refractivity contribution in [3.05, 3.63) is 12.5 Å². The van der Waals surface area contributed by atoms with Crippen LogP contribution in [0.1, 0.15) is 64.2 Å². The first kappa shape index (κ1) is 21.2. The van der Waals surface area contributed by atoms with E-state index in [-0.39, 0.29) is 32.6 Å². The SMILES string of the molecule is Cn1cnnc1S(=O)(=O)c1cnc(NC(=O)N(C2CCCCC2)C2CCCCC2)s1. The third-order valence-electron chi connectivity index (χ3n) is 6.04. The lowest BCUT2D eigenvalue weighted by atomic mass is 9.89. The molecule has 2 saturated carbocycles. The second-order valence-corrected chi connectivity index (χ2v) is 11.2. The molecule has 4 rings (SSSR count). The second-order valence-electron chi connectivity index (χ2n) is 8.13. The predicted octanol–water partition coefficient (Wildman–Crippen LogP) is 3.60. The Morgan fingerprint density at radius 1 is 1.10 bits per heavy atom. The molecule has 0 saturated heterocycles. The Hall–Kier alpha value is -2.01. The van der Waals surface area contributed by atoms with Crippen molar-refractivity contribution in [3.8, 4) is 0 Å². The Morgan fingerprint density at radius 3 is 2.23 bits per heavy atom. The number of thiazole rings is 1. The molecule has 164 valence electrons. The fourth-order valence-electron chi connectivity index (χ4n) is 4.55. The predicted molar refractivity (Wildman–Crippen MR) is 113 cm³/mol. The minimum Gasteiger partial charge on any atom is -0.319 e. The lowest BCUT2D eigenvalue weighted by Crippen LogP contribution is -2.50. The van der Waals surface area contributed by atoms with Gasteiger partial charge in [0.05, 0.1) is 6.20 Å². The van der Waals surface area contributed by atoms with Crippen molar-refractivity contribution in [2.45, 2.75) is 85.7 Å². The molecule has 2 aromatic heterocycles. The van der Waals surface area contributed by atoms with Crippen molar-refractivity contribution in [2.75, 3.05) is 5.32 Å². The van der Waals surface area contributed by atoms with E-state index in [1.807, 2.05) is 4.90 Å². The van der Waals surface area contributed by atoms with Crippen LogP contribution in [-0.2, 0) is 16.9 Å². The van der Waals surface area contributed by atoms with Gasteiger partial charge in [0.15, 0.2) is 5.13 Å². The summed E-state index contributed by atoms with van der Waals surface area (Å²) in [6, 6.07) is 0.345. The van der Waals surface area contributed by atoms with E-state index in [1.165, 1.54) is 29.9 Å². The Labute approximate surface area is 180 Å². The number of rotatable bonds is 5. The van der Waals surface area contributed by atoms with Crippen LogP contribution in [0.5, 0.6) is 0 Å². The van der Waals surface area contributed by atoms with E-state index < -0.39 is 9.84 Å². The number of carbonyl (C=O) groups excluding carboxylic acids is 1. The third kappa shape index (κ3) is 4.36. The van der Waals surface area contributed by atoms with Crippen molar-refractivity contribution in [1.82, 2.24) is 24.6 Å². The molecule has 0 bridgehead atoms. The number of nitrogens with zero attached hydrogens (tertiary/aromatic N) is 5. The fourth-order valence-corrected chi connectivity index (χ4v) is 6.94. The van der Waals surface area contributed by atoms with Gasteiger partial charge in [0, 0.05) is 19.1 Å². The molecule has 11 heteroatoms. The molecule has 2 fully saturated rings. The van der Waals surface area contributed by atoms with Crippen LogP contribution in [0.4, 0.5) is 9.93 Å². The zero-order valence-electron chi connectivity index (χ0n) is 17.2. The zero-order valence-corrected chi connectivity index (χ0v) is 18.8. The van der Waals surface area contributed by atoms with Gasteiger partial charge in [0.25, 0.3) is 15.0 Å². The van der Waals surface area contributed by atoms with Gasteiger partial charge in [-0.15, -0.1) is 10.2 Å². The van der Waals surface area contributed by atoms with E-state index in [1.54, 1.807) is 7.05 Å². The van der Waals surface area contributed by atoms with Crippen molar-refractivity contribution >= 4 is 32.3 Å². The number of hydrogen-bond acceptors (Lipinski definition) is 7. The summed E-state index contributed by atoms with van der Waals surface area (Å²) in [4.78, 5) is 19.5. The molecule has 0 spiro atoms. The molecule has 2 aromatic rings. The lowest BCUT2D eigenvalue weighted by Gasteiger charge is -2.41. The molecular formula is C19H28N6O3S2. The van der Waals surface area contributed by atoms with Crippen LogP contribution >= 0.6 is 11.3 Å². The molecule has 1 N–H and O–H groups in total. The van der Waals surface area contributed by atoms with Crippen LogP contribution in [0.15, 0.2) is 21.9 Å². The summed E-state index contributed by atoms with van der Waals surface area (Å²) in [6.07, 6.45) is 13.8. The molecule has 30 heavy (non-hydrogen) atoms. The largest absolute Gasteiger partial charge is 0.324 e. The van der Waals surface area contributed by atoms with Gasteiger partial charge in [0.1, 0.15) is 10.5 Å². The number of anilines is 1. The number of carbonyl (C=O) groups is 1. The Kier molecular flexibility index (Phi) is 6.37. The Balaban J connectivity index is 1.52. The summed E-state index contributed by atoms with van der Waals surface area (Å²) < 4.78 is 26.9. The number of aryl methyl sites for hydroxylation is 1. The first-order valence-corrected chi connectivity index (χ1v) is 12.9. The molecule has 2 aliphatic rings. The first-order chi connectivity index (χ1) is 14.5. The van der Waals surface area contributed by atoms with Crippen LogP contribution < -0.4 is 5.32 Å². The lowest BCUT2D eigenvalue weighted by molar-refractivity contribution is 0.114. The number of aromatic nitrogens is 4. The van der Waals surface area contributed by atoms with Crippen molar-refractivity contribution in [3.63, 3.8) is 0 Å². The monoisotopic (exact) mass is 452 g/mol. The summed E-state index contributed by atoms with van der Waals surface area (Å²) in [5, 5.41) is 10.4. The maximum Gasteiger partial charge on any atom is 0.324 e. The van der Waals surface area contributed by atoms with Crippen LogP contribution in [0.2, 0.25) is 0 Å². The van der Waals surface area contributed by atoms with Crippen LogP contribution in [0.3, 0.4) is 0 Å². The third-order valence-corrected chi connectivity index (χ3v) is 9.15. The quantitative estimate of drug-likeness (QED) is 0.742. The van der Waals surface area contributed by atoms with Crippen LogP contribution in [-0.4, -0.2) is 51.2 Å². The number of sulfone groups is 1. The average molecular weight is 453 g/mol. The average Bonchev–Trinajstić information content (AvgIpc) is 3.39. The van der Waals surface area contributed by atoms with E-state index in [0.717, 1.165) is 62.7 Å². The first-order valence-electron chi connectivity index (χ1n) is 10.6. The summed E-state index contributed by atoms with van der Waals surface area (Å²) in [5.41, 5.74) is 0. The van der Waals surface area contributed by atoms with E-state index >= 15 is 0 Å². The van der Waals surface area contributed by atoms with Crippen molar-refractivity contribution < 1.29 is 13.2 Å². The molecule has 2 heterocycles. The highest BCUT2D eigenvalue weighted by Crippen LogP contribution is 2.32. The highest BCUT2D eigenvalue weighted by molar-refractivity contribution is 7.93. The number of urea groups is 1. The van der Waals surface area contributed by atoms with Gasteiger partial charge >= 0.3 is 6.03 Å². The normalized spacial score (nSPS) is 19.0. The van der Waals surface area contributed by atoms with E-state index in [0.29, 0.717) is 0 Å². The Bertz CT molecular complexity index is 956. The summed E-state index contributed by atoms with van der Waals surface area (Å²) in [6.45, 7) is 0. The van der Waals surface area contributed by atoms with Gasteiger partial charge in [-0.2, -0.15) is 0 Å². The van der Waals surface area contributed by atoms with Gasteiger partial charge in [-0.05, 0) is 25.7 Å². The second kappa shape index (κ2) is 9.01. The van der Waals surface area contributed by atoms with Gasteiger partial charge in [-0.25, -0.2) is 18.2 Å². The fraction of sp³-hybridized carbons (Fsp3) is 0.684. The summed E-state index contributed by atoms with van der Waals surface area (Å²) >= 11 is 0.947. The molecule has 0 radical (unpaired) electrons. The number of nitrogens with one attached hydrogen (secondary N) is 1. The standard InChI is InChI=1S/C19H28N6O3S2/c1-24-13-21-23-19(24)30(27,28)16-12-20-17(29-16)22-18(26)25(14-8-4-2-5-9-14)15-10-6-3-7-11-15/h12-15H,2-11H2,1H3,(H,20,22,26). The molecule has 0 aromatic carbocycles. The van der Waals surface area contributed by atoms with Gasteiger partial charge in [0.2, 0.25) is 0 Å². The van der Waals surface area contributed by atoms with E-state index in [2.05, 4.69) is 20.5 Å². The van der Waals surface area contributed by atoms with E-state index in [4.69, 9.17) is 0 Å². The Morgan fingerprint density at radius 2 is 1.70 bits per heavy atom. The summed E-state index contributed by atoms with van der Waals surface area (Å²) in [7, 11) is -2.25. The van der Waals surface area contributed by atoms with Gasteiger partial charge in [-0.1, -0.05) is 49.9 Å². The highest BCUT2D eigenvalue weighted by atomic mass is 32.2. The number of hydrogen-bond donors (Lipinski definition) is 1. The summed E-state index contributed by atoms with van der Waals surface area (Å²) in [5.74, 6) is 0. The molecule has 9 nitrogen and oxygen atoms in total. The van der Waals surface area contributed by atoms with Crippen LogP contribution in [0, 0.1) is 0 Å². The topological polar surface area (TPSA) is 110 Å². The molecular weight excluding hydrogens is 424 g/mol. The number of amides is 2. The molecule has 2 aliphatic carbocycles.